The third kappa shape index (κ3) is 4.56. The van der Waals surface area contributed by atoms with Crippen LogP contribution in [-0.2, 0) is 12.3 Å². The van der Waals surface area contributed by atoms with Gasteiger partial charge in [-0.25, -0.2) is 4.98 Å². The molecule has 3 heterocycles. The molecule has 0 aliphatic carbocycles. The second-order valence-corrected chi connectivity index (χ2v) is 8.43. The Labute approximate surface area is 194 Å². The fourth-order valence-corrected chi connectivity index (χ4v) is 4.21. The van der Waals surface area contributed by atoms with Crippen LogP contribution in [0, 0.1) is 13.8 Å². The van der Waals surface area contributed by atoms with Gasteiger partial charge >= 0.3 is 0 Å². The fourth-order valence-electron chi connectivity index (χ4n) is 3.36. The first-order valence-electron chi connectivity index (χ1n) is 10.3. The van der Waals surface area contributed by atoms with Crippen molar-refractivity contribution in [3.8, 4) is 17.2 Å². The van der Waals surface area contributed by atoms with Crippen LogP contribution in [-0.4, -0.2) is 32.4 Å². The van der Waals surface area contributed by atoms with Gasteiger partial charge < -0.3 is 19.2 Å². The standard InChI is InChI=1S/C23H21N5O4S/c1-14-3-6-17(7-4-14)28-15(2)26-27-23(28)33-12-21-25-18(11-30-21)22(29)24-10-16-5-8-19-20(9-16)32-13-31-19/h3-9,11H,10,12-13H2,1-2H3,(H,24,29). The van der Waals surface area contributed by atoms with Gasteiger partial charge in [0.15, 0.2) is 22.3 Å². The second kappa shape index (κ2) is 8.99. The van der Waals surface area contributed by atoms with Crippen molar-refractivity contribution in [2.24, 2.45) is 0 Å². The fraction of sp³-hybridized carbons (Fsp3) is 0.217. The molecule has 0 saturated heterocycles. The minimum Gasteiger partial charge on any atom is -0.454 e. The number of amides is 1. The maximum absolute atomic E-state index is 12.5. The van der Waals surface area contributed by atoms with Crippen LogP contribution in [0.3, 0.4) is 0 Å². The van der Waals surface area contributed by atoms with Crippen LogP contribution >= 0.6 is 11.8 Å². The Morgan fingerprint density at radius 3 is 2.76 bits per heavy atom. The predicted octanol–water partition coefficient (Wildman–Crippen LogP) is 3.82. The van der Waals surface area contributed by atoms with Gasteiger partial charge in [-0.15, -0.1) is 10.2 Å². The minimum atomic E-state index is -0.314. The van der Waals surface area contributed by atoms with Crippen LogP contribution in [0.2, 0.25) is 0 Å². The summed E-state index contributed by atoms with van der Waals surface area (Å²) in [5.74, 6) is 2.71. The van der Waals surface area contributed by atoms with Gasteiger partial charge in [-0.3, -0.25) is 9.36 Å². The number of hydrogen-bond donors (Lipinski definition) is 1. The maximum Gasteiger partial charge on any atom is 0.273 e. The highest BCUT2D eigenvalue weighted by molar-refractivity contribution is 7.98. The molecule has 0 unspecified atom stereocenters. The van der Waals surface area contributed by atoms with Gasteiger partial charge in [0, 0.05) is 12.2 Å². The number of carbonyl (C=O) groups excluding carboxylic acids is 1. The van der Waals surface area contributed by atoms with Crippen molar-refractivity contribution in [3.05, 3.63) is 77.3 Å². The van der Waals surface area contributed by atoms with E-state index in [4.69, 9.17) is 13.9 Å². The van der Waals surface area contributed by atoms with E-state index >= 15 is 0 Å². The quantitative estimate of drug-likeness (QED) is 0.413. The summed E-state index contributed by atoms with van der Waals surface area (Å²) in [5.41, 5.74) is 3.30. The van der Waals surface area contributed by atoms with Crippen molar-refractivity contribution < 1.29 is 18.7 Å². The number of nitrogens with one attached hydrogen (secondary N) is 1. The molecule has 1 aliphatic heterocycles. The summed E-state index contributed by atoms with van der Waals surface area (Å²) in [4.78, 5) is 16.8. The first kappa shape index (κ1) is 21.1. The lowest BCUT2D eigenvalue weighted by Gasteiger charge is -2.08. The van der Waals surface area contributed by atoms with E-state index < -0.39 is 0 Å². The van der Waals surface area contributed by atoms with Crippen molar-refractivity contribution in [1.29, 1.82) is 0 Å². The van der Waals surface area contributed by atoms with E-state index in [0.29, 0.717) is 29.7 Å². The van der Waals surface area contributed by atoms with Crippen LogP contribution in [0.1, 0.15) is 33.3 Å². The molecule has 4 aromatic rings. The molecule has 9 nitrogen and oxygen atoms in total. The van der Waals surface area contributed by atoms with Gasteiger partial charge in [0.05, 0.1) is 5.75 Å². The Kier molecular flexibility index (Phi) is 5.74. The lowest BCUT2D eigenvalue weighted by Crippen LogP contribution is -2.23. The largest absolute Gasteiger partial charge is 0.454 e. The zero-order chi connectivity index (χ0) is 22.8. The van der Waals surface area contributed by atoms with Crippen molar-refractivity contribution >= 4 is 17.7 Å². The lowest BCUT2D eigenvalue weighted by atomic mass is 10.2. The Morgan fingerprint density at radius 1 is 1.09 bits per heavy atom. The number of hydrogen-bond acceptors (Lipinski definition) is 8. The Balaban J connectivity index is 1.20. The number of rotatable bonds is 7. The molecule has 1 amide bonds. The molecule has 0 bridgehead atoms. The summed E-state index contributed by atoms with van der Waals surface area (Å²) < 4.78 is 18.1. The topological polar surface area (TPSA) is 104 Å². The van der Waals surface area contributed by atoms with Crippen LogP contribution in [0.5, 0.6) is 11.5 Å². The summed E-state index contributed by atoms with van der Waals surface area (Å²) in [6.45, 7) is 4.51. The van der Waals surface area contributed by atoms with E-state index in [-0.39, 0.29) is 18.4 Å². The molecule has 1 N–H and O–H groups in total. The molecule has 33 heavy (non-hydrogen) atoms. The summed E-state index contributed by atoms with van der Waals surface area (Å²) in [6, 6.07) is 13.7. The Hall–Kier alpha value is -3.79. The molecule has 0 atom stereocenters. The normalized spacial score (nSPS) is 12.2. The minimum absolute atomic E-state index is 0.214. The molecule has 0 fully saturated rings. The number of carbonyl (C=O) groups is 1. The summed E-state index contributed by atoms with van der Waals surface area (Å²) >= 11 is 1.44. The molecule has 5 rings (SSSR count). The third-order valence-electron chi connectivity index (χ3n) is 5.09. The zero-order valence-electron chi connectivity index (χ0n) is 18.1. The zero-order valence-corrected chi connectivity index (χ0v) is 18.9. The smallest absolute Gasteiger partial charge is 0.273 e. The molecule has 0 radical (unpaired) electrons. The third-order valence-corrected chi connectivity index (χ3v) is 6.00. The van der Waals surface area contributed by atoms with Crippen LogP contribution in [0.15, 0.2) is 58.3 Å². The summed E-state index contributed by atoms with van der Waals surface area (Å²) in [7, 11) is 0. The van der Waals surface area contributed by atoms with Gasteiger partial charge in [0.25, 0.3) is 5.91 Å². The summed E-state index contributed by atoms with van der Waals surface area (Å²) in [6.07, 6.45) is 1.36. The Morgan fingerprint density at radius 2 is 1.91 bits per heavy atom. The molecular weight excluding hydrogens is 442 g/mol. The number of benzene rings is 2. The highest BCUT2D eigenvalue weighted by atomic mass is 32.2. The van der Waals surface area contributed by atoms with Gasteiger partial charge in [-0.2, -0.15) is 0 Å². The first-order valence-corrected chi connectivity index (χ1v) is 11.3. The van der Waals surface area contributed by atoms with Crippen molar-refractivity contribution in [2.45, 2.75) is 31.3 Å². The van der Waals surface area contributed by atoms with E-state index in [1.54, 1.807) is 0 Å². The Bertz CT molecular complexity index is 1300. The van der Waals surface area contributed by atoms with E-state index in [1.165, 1.54) is 23.6 Å². The molecule has 1 aliphatic rings. The average molecular weight is 464 g/mol. The molecule has 2 aromatic carbocycles. The number of nitrogens with zero attached hydrogens (tertiary/aromatic N) is 4. The van der Waals surface area contributed by atoms with Gasteiger partial charge in [-0.05, 0) is 43.7 Å². The highest BCUT2D eigenvalue weighted by Crippen LogP contribution is 2.32. The molecular formula is C23H21N5O4S. The molecule has 168 valence electrons. The summed E-state index contributed by atoms with van der Waals surface area (Å²) in [5, 5.41) is 12.0. The van der Waals surface area contributed by atoms with Crippen LogP contribution in [0.4, 0.5) is 0 Å². The van der Waals surface area contributed by atoms with E-state index in [2.05, 4.69) is 20.5 Å². The van der Waals surface area contributed by atoms with E-state index in [9.17, 15) is 4.79 Å². The van der Waals surface area contributed by atoms with Crippen LogP contribution in [0.25, 0.3) is 5.69 Å². The number of aryl methyl sites for hydroxylation is 2. The number of oxazole rings is 1. The monoisotopic (exact) mass is 463 g/mol. The van der Waals surface area contributed by atoms with Crippen molar-refractivity contribution in [1.82, 2.24) is 25.1 Å². The van der Waals surface area contributed by atoms with Crippen molar-refractivity contribution in [3.63, 3.8) is 0 Å². The number of fused-ring (bicyclic) bond motifs is 1. The van der Waals surface area contributed by atoms with Gasteiger partial charge in [-0.1, -0.05) is 35.5 Å². The molecule has 0 saturated carbocycles. The van der Waals surface area contributed by atoms with Gasteiger partial charge in [0.1, 0.15) is 12.1 Å². The molecule has 0 spiro atoms. The highest BCUT2D eigenvalue weighted by Gasteiger charge is 2.17. The second-order valence-electron chi connectivity index (χ2n) is 7.49. The van der Waals surface area contributed by atoms with E-state index in [1.807, 2.05) is 60.9 Å². The number of aromatic nitrogens is 4. The predicted molar refractivity (Wildman–Crippen MR) is 121 cm³/mol. The molecule has 10 heteroatoms. The lowest BCUT2D eigenvalue weighted by molar-refractivity contribution is 0.0945. The van der Waals surface area contributed by atoms with Gasteiger partial charge in [0.2, 0.25) is 12.7 Å². The first-order chi connectivity index (χ1) is 16.1. The van der Waals surface area contributed by atoms with Crippen molar-refractivity contribution in [2.75, 3.05) is 6.79 Å². The molecule has 2 aromatic heterocycles. The maximum atomic E-state index is 12.5. The average Bonchev–Trinajstić information content (AvgIpc) is 3.56. The number of thioether (sulfide) groups is 1. The SMILES string of the molecule is Cc1ccc(-n2c(C)nnc2SCc2nc(C(=O)NCc3ccc4c(c3)OCO4)co2)cc1. The number of ether oxygens (including phenoxy) is 2. The van der Waals surface area contributed by atoms with E-state index in [0.717, 1.165) is 22.2 Å². The van der Waals surface area contributed by atoms with Crippen LogP contribution < -0.4 is 14.8 Å².